The minimum atomic E-state index is -4.92. The van der Waals surface area contributed by atoms with E-state index in [9.17, 15) is 26.3 Å². The van der Waals surface area contributed by atoms with Crippen molar-refractivity contribution in [2.75, 3.05) is 22.9 Å². The smallest absolute Gasteiger partial charge is 0.450 e. The van der Waals surface area contributed by atoms with Crippen molar-refractivity contribution in [3.8, 4) is 0 Å². The van der Waals surface area contributed by atoms with Crippen molar-refractivity contribution in [1.82, 2.24) is 14.8 Å². The minimum Gasteiger partial charge on any atom is -0.450 e. The summed E-state index contributed by atoms with van der Waals surface area (Å²) in [6, 6.07) is 6.16. The molecule has 2 N–H and O–H groups in total. The van der Waals surface area contributed by atoms with Gasteiger partial charge in [0.15, 0.2) is 0 Å². The van der Waals surface area contributed by atoms with Crippen molar-refractivity contribution in [3.63, 3.8) is 0 Å². The van der Waals surface area contributed by atoms with E-state index in [2.05, 4.69) is 34.0 Å². The van der Waals surface area contributed by atoms with Crippen molar-refractivity contribution < 1.29 is 41.4 Å². The van der Waals surface area contributed by atoms with Crippen LogP contribution < -0.4 is 9.80 Å². The van der Waals surface area contributed by atoms with E-state index in [0.717, 1.165) is 55.7 Å². The van der Waals surface area contributed by atoms with Gasteiger partial charge in [-0.3, -0.25) is 4.68 Å². The third kappa shape index (κ3) is 10.4. The molecule has 260 valence electrons. The maximum atomic E-state index is 13.6. The van der Waals surface area contributed by atoms with Crippen LogP contribution in [-0.4, -0.2) is 44.2 Å². The van der Waals surface area contributed by atoms with Crippen LogP contribution in [0.2, 0.25) is 0 Å². The molecule has 1 aromatic heterocycles. The van der Waals surface area contributed by atoms with Crippen molar-refractivity contribution in [2.45, 2.75) is 83.7 Å². The molecular formula is C32H40ClF6N5O3. The molecule has 0 unspecified atom stereocenters. The number of aromatic nitrogens is 3. The molecule has 2 aliphatic carbocycles. The molecule has 0 bridgehead atoms. The Balaban J connectivity index is 0.00000114. The van der Waals surface area contributed by atoms with E-state index in [1.54, 1.807) is 11.9 Å². The zero-order valence-corrected chi connectivity index (χ0v) is 27.1. The summed E-state index contributed by atoms with van der Waals surface area (Å²) in [4.78, 5) is 16.9. The van der Waals surface area contributed by atoms with E-state index in [-0.39, 0.29) is 43.1 Å². The van der Waals surface area contributed by atoms with Crippen LogP contribution in [0.4, 0.5) is 42.8 Å². The first-order chi connectivity index (χ1) is 21.6. The molecule has 5 rings (SSSR count). The molecule has 47 heavy (non-hydrogen) atoms. The largest absolute Gasteiger partial charge is 0.503 e. The van der Waals surface area contributed by atoms with E-state index in [0.29, 0.717) is 5.92 Å². The van der Waals surface area contributed by atoms with E-state index in [1.165, 1.54) is 54.2 Å². The highest BCUT2D eigenvalue weighted by molar-refractivity contribution is 5.85. The zero-order valence-electron chi connectivity index (χ0n) is 26.2. The molecule has 1 fully saturated rings. The van der Waals surface area contributed by atoms with Gasteiger partial charge in [0, 0.05) is 38.9 Å². The lowest BCUT2D eigenvalue weighted by Crippen LogP contribution is -2.32. The molecule has 15 heteroatoms. The van der Waals surface area contributed by atoms with Gasteiger partial charge < -0.3 is 20.0 Å². The number of fused-ring (bicyclic) bond motifs is 1. The second-order valence-corrected chi connectivity index (χ2v) is 11.9. The Morgan fingerprint density at radius 1 is 0.872 bits per heavy atom. The predicted octanol–water partition coefficient (Wildman–Crippen LogP) is 8.60. The fraction of sp³-hybridized carbons (Fsp3) is 0.531. The van der Waals surface area contributed by atoms with Crippen LogP contribution in [0.25, 0.3) is 0 Å². The van der Waals surface area contributed by atoms with Gasteiger partial charge in [-0.25, -0.2) is 9.78 Å². The summed E-state index contributed by atoms with van der Waals surface area (Å²) in [5.74, 6) is 0.838. The number of alkyl halides is 6. The fourth-order valence-corrected chi connectivity index (χ4v) is 6.37. The van der Waals surface area contributed by atoms with Gasteiger partial charge in [0.05, 0.1) is 11.1 Å². The number of hydrogen-bond donors (Lipinski definition) is 2. The van der Waals surface area contributed by atoms with E-state index < -0.39 is 29.6 Å². The molecule has 3 aromatic rings. The first kappa shape index (κ1) is 37.8. The Morgan fingerprint density at radius 3 is 1.96 bits per heavy atom. The Hall–Kier alpha value is -3.68. The van der Waals surface area contributed by atoms with Gasteiger partial charge in [-0.2, -0.15) is 26.3 Å². The predicted molar refractivity (Wildman–Crippen MR) is 168 cm³/mol. The van der Waals surface area contributed by atoms with Gasteiger partial charge in [-0.1, -0.05) is 25.3 Å². The molecule has 0 radical (unpaired) electrons. The summed E-state index contributed by atoms with van der Waals surface area (Å²) in [6.45, 7) is 3.87. The van der Waals surface area contributed by atoms with Crippen LogP contribution in [0, 0.1) is 5.92 Å². The quantitative estimate of drug-likeness (QED) is 0.217. The average Bonchev–Trinajstić information content (AvgIpc) is 3.63. The molecule has 2 aromatic carbocycles. The lowest BCUT2D eigenvalue weighted by atomic mass is 9.88. The standard InChI is InChI=1S/C31H37F6N5.CH2O3.ClH/c1-3-41(17-21-8-5-4-6-9-21)28-15-24-11-7-10-23(24)14-25(28)19-42(29-38-20-40(2)39-29)18-22-12-26(30(32,33)34)16-27(13-22)31(35,36)37;2-1(3)4;/h12-16,20-21H,3-11,17-19H2,1-2H3;(H2,2,3,4);1H. The summed E-state index contributed by atoms with van der Waals surface area (Å²) in [5.41, 5.74) is 1.84. The van der Waals surface area contributed by atoms with Gasteiger partial charge in [-0.15, -0.1) is 17.5 Å². The van der Waals surface area contributed by atoms with Crippen molar-refractivity contribution in [3.05, 3.63) is 70.0 Å². The average molecular weight is 692 g/mol. The molecule has 1 saturated carbocycles. The highest BCUT2D eigenvalue weighted by Crippen LogP contribution is 2.38. The van der Waals surface area contributed by atoms with Gasteiger partial charge in [0.25, 0.3) is 0 Å². The van der Waals surface area contributed by atoms with Crippen LogP contribution in [0.3, 0.4) is 0 Å². The Kier molecular flexibility index (Phi) is 12.8. The Morgan fingerprint density at radius 2 is 1.45 bits per heavy atom. The van der Waals surface area contributed by atoms with E-state index in [1.807, 2.05) is 0 Å². The highest BCUT2D eigenvalue weighted by Gasteiger charge is 2.37. The van der Waals surface area contributed by atoms with Gasteiger partial charge >= 0.3 is 18.5 Å². The molecule has 0 saturated heterocycles. The van der Waals surface area contributed by atoms with Crippen molar-refractivity contribution in [2.24, 2.45) is 13.0 Å². The third-order valence-corrected chi connectivity index (χ3v) is 8.47. The minimum absolute atomic E-state index is 0. The lowest BCUT2D eigenvalue weighted by molar-refractivity contribution is -0.143. The molecule has 0 atom stereocenters. The van der Waals surface area contributed by atoms with Gasteiger partial charge in [0.1, 0.15) is 6.33 Å². The second-order valence-electron chi connectivity index (χ2n) is 11.9. The molecular weight excluding hydrogens is 652 g/mol. The van der Waals surface area contributed by atoms with Crippen LogP contribution in [0.1, 0.15) is 78.8 Å². The Bertz CT molecular complexity index is 1450. The van der Waals surface area contributed by atoms with E-state index in [4.69, 9.17) is 15.0 Å². The van der Waals surface area contributed by atoms with Crippen LogP contribution >= 0.6 is 12.4 Å². The number of carboxylic acid groups (broad SMARTS) is 2. The molecule has 8 nitrogen and oxygen atoms in total. The van der Waals surface area contributed by atoms with E-state index >= 15 is 0 Å². The highest BCUT2D eigenvalue weighted by atomic mass is 35.5. The van der Waals surface area contributed by atoms with Crippen molar-refractivity contribution >= 4 is 30.2 Å². The normalized spacial score (nSPS) is 14.9. The van der Waals surface area contributed by atoms with Crippen molar-refractivity contribution in [1.29, 1.82) is 0 Å². The number of benzene rings is 2. The summed E-state index contributed by atoms with van der Waals surface area (Å²) in [7, 11) is 1.67. The Labute approximate surface area is 275 Å². The molecule has 0 aliphatic heterocycles. The first-order valence-electron chi connectivity index (χ1n) is 15.3. The lowest BCUT2D eigenvalue weighted by Gasteiger charge is -2.33. The first-order valence-corrected chi connectivity index (χ1v) is 15.3. The zero-order chi connectivity index (χ0) is 33.6. The third-order valence-electron chi connectivity index (χ3n) is 8.47. The summed E-state index contributed by atoms with van der Waals surface area (Å²) in [6.07, 6.45) is -1.08. The second kappa shape index (κ2) is 15.9. The van der Waals surface area contributed by atoms with Crippen LogP contribution in [-0.2, 0) is 45.3 Å². The fourth-order valence-electron chi connectivity index (χ4n) is 6.37. The van der Waals surface area contributed by atoms with Crippen LogP contribution in [0.15, 0.2) is 36.7 Å². The number of rotatable bonds is 9. The molecule has 0 spiro atoms. The molecule has 2 aliphatic rings. The van der Waals surface area contributed by atoms with Gasteiger partial charge in [0.2, 0.25) is 5.95 Å². The maximum Gasteiger partial charge on any atom is 0.503 e. The monoisotopic (exact) mass is 691 g/mol. The van der Waals surface area contributed by atoms with Gasteiger partial charge in [-0.05, 0) is 91.5 Å². The topological polar surface area (TPSA) is 94.7 Å². The summed E-state index contributed by atoms with van der Waals surface area (Å²) in [5, 5.41) is 18.3. The number of carbonyl (C=O) groups is 1. The molecule has 0 amide bonds. The maximum absolute atomic E-state index is 13.6. The summed E-state index contributed by atoms with van der Waals surface area (Å²) < 4.78 is 83.3. The number of aryl methyl sites for hydroxylation is 3. The number of nitrogens with zero attached hydrogens (tertiary/aromatic N) is 5. The molecule has 1 heterocycles. The number of hydrogen-bond acceptors (Lipinski definition) is 5. The number of halogens is 7. The number of anilines is 2. The summed E-state index contributed by atoms with van der Waals surface area (Å²) >= 11 is 0. The van der Waals surface area contributed by atoms with Crippen LogP contribution in [0.5, 0.6) is 0 Å². The SMILES string of the molecule is CCN(CC1CCCCC1)c1cc2c(cc1CN(Cc1cc(C(F)(F)F)cc(C(F)(F)F)c1)c1ncn(C)n1)CCC2.Cl.O=C(O)O.